The molecule has 4 heteroatoms. The second-order valence-electron chi connectivity index (χ2n) is 8.82. The van der Waals surface area contributed by atoms with Gasteiger partial charge in [-0.2, -0.15) is 0 Å². The van der Waals surface area contributed by atoms with Gasteiger partial charge in [0.15, 0.2) is 0 Å². The van der Waals surface area contributed by atoms with Gasteiger partial charge in [-0.05, 0) is 77.4 Å². The Bertz CT molecular complexity index is 969. The van der Waals surface area contributed by atoms with Gasteiger partial charge in [-0.1, -0.05) is 6.92 Å². The molecule has 1 unspecified atom stereocenters. The molecule has 30 heavy (non-hydrogen) atoms. The van der Waals surface area contributed by atoms with Crippen molar-refractivity contribution in [1.82, 2.24) is 4.90 Å². The van der Waals surface area contributed by atoms with Crippen LogP contribution in [0.1, 0.15) is 81.7 Å². The second-order valence-corrected chi connectivity index (χ2v) is 8.82. The van der Waals surface area contributed by atoms with Crippen molar-refractivity contribution in [1.29, 1.82) is 0 Å². The third-order valence-electron chi connectivity index (χ3n) is 6.86. The lowest BCUT2D eigenvalue weighted by molar-refractivity contribution is -0.129. The minimum atomic E-state index is 0.133. The van der Waals surface area contributed by atoms with Crippen LogP contribution in [-0.2, 0) is 17.6 Å². The van der Waals surface area contributed by atoms with E-state index in [-0.39, 0.29) is 5.91 Å². The summed E-state index contributed by atoms with van der Waals surface area (Å²) in [4.78, 5) is 15.2. The molecule has 1 aromatic heterocycles. The second kappa shape index (κ2) is 8.87. The molecule has 1 saturated heterocycles. The molecule has 1 aliphatic carbocycles. The smallest absolute Gasteiger partial charge is 0.247 e. The number of allylic oxidation sites excluding steroid dienone is 1. The summed E-state index contributed by atoms with van der Waals surface area (Å²) in [6.07, 6.45) is 10.8. The van der Waals surface area contributed by atoms with E-state index in [0.717, 1.165) is 72.4 Å². The van der Waals surface area contributed by atoms with Gasteiger partial charge in [0.2, 0.25) is 5.91 Å². The first-order valence-electron chi connectivity index (χ1n) is 11.7. The van der Waals surface area contributed by atoms with Crippen LogP contribution in [0.4, 0.5) is 0 Å². The highest BCUT2D eigenvalue weighted by Gasteiger charge is 2.26. The molecule has 1 atom stereocenters. The fourth-order valence-corrected chi connectivity index (χ4v) is 5.22. The summed E-state index contributed by atoms with van der Waals surface area (Å²) in [5.74, 6) is 2.12. The van der Waals surface area contributed by atoms with E-state index in [2.05, 4.69) is 24.8 Å². The van der Waals surface area contributed by atoms with Crippen molar-refractivity contribution in [2.24, 2.45) is 0 Å². The number of fused-ring (bicyclic) bond motifs is 3. The predicted molar refractivity (Wildman–Crippen MR) is 122 cm³/mol. The highest BCUT2D eigenvalue weighted by molar-refractivity contribution is 5.98. The average molecular weight is 410 g/mol. The summed E-state index contributed by atoms with van der Waals surface area (Å²) in [5.41, 5.74) is 5.34. The SMILES string of the molecule is CCOc1c(/C(C)=C/C(=O)N2CCCCC2CC)cc2c3c(oc2c1C)CCCC3. The molecule has 2 heterocycles. The van der Waals surface area contributed by atoms with Crippen LogP contribution in [0.15, 0.2) is 16.6 Å². The minimum Gasteiger partial charge on any atom is -0.493 e. The highest BCUT2D eigenvalue weighted by atomic mass is 16.5. The maximum absolute atomic E-state index is 13.1. The van der Waals surface area contributed by atoms with Crippen molar-refractivity contribution >= 4 is 22.4 Å². The fraction of sp³-hybridized carbons (Fsp3) is 0.577. The number of hydrogen-bond acceptors (Lipinski definition) is 3. The Hall–Kier alpha value is -2.23. The standard InChI is InChI=1S/C26H35NO3/c1-5-19-11-9-10-14-27(19)24(28)15-17(3)21-16-22-20-12-7-8-13-23(20)30-26(22)18(4)25(21)29-6-2/h15-16,19H,5-14H2,1-4H3/b17-15+. The van der Waals surface area contributed by atoms with Crippen molar-refractivity contribution in [3.8, 4) is 5.75 Å². The molecule has 2 aliphatic rings. The van der Waals surface area contributed by atoms with E-state index in [1.807, 2.05) is 19.9 Å². The maximum atomic E-state index is 13.1. The maximum Gasteiger partial charge on any atom is 0.247 e. The normalized spacial score (nSPS) is 19.8. The Morgan fingerprint density at radius 1 is 1.23 bits per heavy atom. The van der Waals surface area contributed by atoms with Gasteiger partial charge in [-0.15, -0.1) is 0 Å². The van der Waals surface area contributed by atoms with Gasteiger partial charge in [-0.25, -0.2) is 0 Å². The third-order valence-corrected chi connectivity index (χ3v) is 6.86. The Balaban J connectivity index is 1.77. The van der Waals surface area contributed by atoms with Crippen LogP contribution in [-0.4, -0.2) is 30.0 Å². The van der Waals surface area contributed by atoms with Crippen LogP contribution in [0.3, 0.4) is 0 Å². The number of likely N-dealkylation sites (tertiary alicyclic amines) is 1. The molecule has 4 rings (SSSR count). The molecule has 1 aromatic carbocycles. The first kappa shape index (κ1) is 21.0. The van der Waals surface area contributed by atoms with Crippen molar-refractivity contribution < 1.29 is 13.9 Å². The summed E-state index contributed by atoms with van der Waals surface area (Å²) in [6.45, 7) is 9.76. The van der Waals surface area contributed by atoms with E-state index in [4.69, 9.17) is 9.15 Å². The van der Waals surface area contributed by atoms with Crippen LogP contribution in [0.2, 0.25) is 0 Å². The first-order chi connectivity index (χ1) is 14.5. The molecule has 1 fully saturated rings. The van der Waals surface area contributed by atoms with E-state index in [1.165, 1.54) is 30.2 Å². The number of amides is 1. The Kier molecular flexibility index (Phi) is 6.21. The van der Waals surface area contributed by atoms with Gasteiger partial charge >= 0.3 is 0 Å². The van der Waals surface area contributed by atoms with Crippen molar-refractivity contribution in [2.75, 3.05) is 13.2 Å². The van der Waals surface area contributed by atoms with Crippen molar-refractivity contribution in [2.45, 2.75) is 85.1 Å². The van der Waals surface area contributed by atoms with Crippen LogP contribution in [0, 0.1) is 6.92 Å². The van der Waals surface area contributed by atoms with E-state index in [0.29, 0.717) is 12.6 Å². The largest absolute Gasteiger partial charge is 0.493 e. The summed E-state index contributed by atoms with van der Waals surface area (Å²) in [5, 5.41) is 1.20. The molecule has 162 valence electrons. The molecule has 0 bridgehead atoms. The van der Waals surface area contributed by atoms with Gasteiger partial charge in [0.05, 0.1) is 6.61 Å². The lowest BCUT2D eigenvalue weighted by Crippen LogP contribution is -2.42. The molecule has 2 aromatic rings. The van der Waals surface area contributed by atoms with E-state index in [1.54, 1.807) is 0 Å². The summed E-state index contributed by atoms with van der Waals surface area (Å²) >= 11 is 0. The number of furan rings is 1. The first-order valence-corrected chi connectivity index (χ1v) is 11.7. The zero-order valence-corrected chi connectivity index (χ0v) is 19.0. The molecule has 0 spiro atoms. The average Bonchev–Trinajstić information content (AvgIpc) is 3.14. The number of benzene rings is 1. The summed E-state index contributed by atoms with van der Waals surface area (Å²) < 4.78 is 12.3. The van der Waals surface area contributed by atoms with Gasteiger partial charge < -0.3 is 14.1 Å². The van der Waals surface area contributed by atoms with Gasteiger partial charge in [0.25, 0.3) is 0 Å². The van der Waals surface area contributed by atoms with Crippen LogP contribution in [0.25, 0.3) is 16.5 Å². The minimum absolute atomic E-state index is 0.133. The zero-order chi connectivity index (χ0) is 21.3. The number of carbonyl (C=O) groups is 1. The number of piperidine rings is 1. The molecule has 1 amide bonds. The lowest BCUT2D eigenvalue weighted by Gasteiger charge is -2.34. The Labute approximate surface area is 180 Å². The highest BCUT2D eigenvalue weighted by Crippen LogP contribution is 2.41. The molecule has 4 nitrogen and oxygen atoms in total. The van der Waals surface area contributed by atoms with Gasteiger partial charge in [0.1, 0.15) is 17.1 Å². The Morgan fingerprint density at radius 3 is 2.80 bits per heavy atom. The molecule has 0 saturated carbocycles. The van der Waals surface area contributed by atoms with E-state index >= 15 is 0 Å². The zero-order valence-electron chi connectivity index (χ0n) is 19.0. The van der Waals surface area contributed by atoms with Crippen LogP contribution >= 0.6 is 0 Å². The predicted octanol–water partition coefficient (Wildman–Crippen LogP) is 6.21. The van der Waals surface area contributed by atoms with Crippen molar-refractivity contribution in [3.63, 3.8) is 0 Å². The third kappa shape index (κ3) is 3.77. The monoisotopic (exact) mass is 409 g/mol. The number of carbonyl (C=O) groups excluding carboxylic acids is 1. The number of ether oxygens (including phenoxy) is 1. The fourth-order valence-electron chi connectivity index (χ4n) is 5.22. The summed E-state index contributed by atoms with van der Waals surface area (Å²) in [6, 6.07) is 2.57. The summed E-state index contributed by atoms with van der Waals surface area (Å²) in [7, 11) is 0. The number of aryl methyl sites for hydroxylation is 3. The Morgan fingerprint density at radius 2 is 2.03 bits per heavy atom. The van der Waals surface area contributed by atoms with E-state index < -0.39 is 0 Å². The molecule has 0 N–H and O–H groups in total. The van der Waals surface area contributed by atoms with Gasteiger partial charge in [-0.3, -0.25) is 4.79 Å². The number of nitrogens with zero attached hydrogens (tertiary/aromatic N) is 1. The number of rotatable bonds is 5. The molecular formula is C26H35NO3. The van der Waals surface area contributed by atoms with Crippen molar-refractivity contribution in [3.05, 3.63) is 34.6 Å². The molecule has 0 radical (unpaired) electrons. The number of hydrogen-bond donors (Lipinski definition) is 0. The quantitative estimate of drug-likeness (QED) is 0.551. The lowest BCUT2D eigenvalue weighted by atomic mass is 9.92. The van der Waals surface area contributed by atoms with Crippen LogP contribution in [0.5, 0.6) is 5.75 Å². The van der Waals surface area contributed by atoms with E-state index in [9.17, 15) is 4.79 Å². The topological polar surface area (TPSA) is 42.7 Å². The molecule has 1 aliphatic heterocycles. The molecular weight excluding hydrogens is 374 g/mol. The van der Waals surface area contributed by atoms with Gasteiger partial charge in [0, 0.05) is 47.2 Å². The van der Waals surface area contributed by atoms with Crippen LogP contribution < -0.4 is 4.74 Å².